The third-order valence-corrected chi connectivity index (χ3v) is 2.24. The standard InChI is InChI=1S/C13H20N2O2/c1-11(2)17-9-6-13(16)15-8-5-12-4-3-7-14-10-12/h3-4,7,10-11H,5-6,8-9H2,1-2H3,(H,15,16). The molecule has 1 aromatic rings. The third-order valence-electron chi connectivity index (χ3n) is 2.24. The third kappa shape index (κ3) is 6.68. The van der Waals surface area contributed by atoms with E-state index in [1.165, 1.54) is 0 Å². The molecule has 17 heavy (non-hydrogen) atoms. The summed E-state index contributed by atoms with van der Waals surface area (Å²) in [4.78, 5) is 15.4. The van der Waals surface area contributed by atoms with Crippen LogP contribution in [0.5, 0.6) is 0 Å². The van der Waals surface area contributed by atoms with Gasteiger partial charge in [0.2, 0.25) is 5.91 Å². The molecular formula is C13H20N2O2. The largest absolute Gasteiger partial charge is 0.378 e. The molecule has 1 aromatic heterocycles. The predicted molar refractivity (Wildman–Crippen MR) is 66.7 cm³/mol. The number of amides is 1. The summed E-state index contributed by atoms with van der Waals surface area (Å²) < 4.78 is 5.31. The van der Waals surface area contributed by atoms with Crippen molar-refractivity contribution in [3.05, 3.63) is 30.1 Å². The lowest BCUT2D eigenvalue weighted by Gasteiger charge is -2.08. The summed E-state index contributed by atoms with van der Waals surface area (Å²) in [5, 5.41) is 2.86. The monoisotopic (exact) mass is 236 g/mol. The van der Waals surface area contributed by atoms with E-state index in [0.717, 1.165) is 12.0 Å². The molecule has 0 saturated carbocycles. The molecule has 4 nitrogen and oxygen atoms in total. The van der Waals surface area contributed by atoms with Crippen LogP contribution in [0.3, 0.4) is 0 Å². The first-order chi connectivity index (χ1) is 8.18. The Labute approximate surface area is 102 Å². The van der Waals surface area contributed by atoms with Crippen molar-refractivity contribution in [3.63, 3.8) is 0 Å². The second kappa shape index (κ2) is 7.79. The Kier molecular flexibility index (Phi) is 6.25. The molecule has 0 fully saturated rings. The maximum atomic E-state index is 11.4. The van der Waals surface area contributed by atoms with Crippen LogP contribution in [-0.2, 0) is 16.0 Å². The first kappa shape index (κ1) is 13.6. The highest BCUT2D eigenvalue weighted by Gasteiger charge is 2.01. The molecule has 94 valence electrons. The number of pyridine rings is 1. The molecule has 1 amide bonds. The Bertz CT molecular complexity index is 325. The molecule has 0 atom stereocenters. The van der Waals surface area contributed by atoms with E-state index >= 15 is 0 Å². The summed E-state index contributed by atoms with van der Waals surface area (Å²) in [6.45, 7) is 5.04. The Morgan fingerprint density at radius 2 is 2.35 bits per heavy atom. The molecule has 1 N–H and O–H groups in total. The number of hydrogen-bond donors (Lipinski definition) is 1. The number of ether oxygens (including phenoxy) is 1. The minimum absolute atomic E-state index is 0.0366. The lowest BCUT2D eigenvalue weighted by Crippen LogP contribution is -2.27. The molecular weight excluding hydrogens is 216 g/mol. The van der Waals surface area contributed by atoms with Crippen LogP contribution in [0.1, 0.15) is 25.8 Å². The first-order valence-electron chi connectivity index (χ1n) is 5.95. The SMILES string of the molecule is CC(C)OCCC(=O)NCCc1cccnc1. The number of rotatable bonds is 7. The van der Waals surface area contributed by atoms with Gasteiger partial charge < -0.3 is 10.1 Å². The summed E-state index contributed by atoms with van der Waals surface area (Å²) in [5.41, 5.74) is 1.13. The second-order valence-electron chi connectivity index (χ2n) is 4.13. The smallest absolute Gasteiger partial charge is 0.222 e. The van der Waals surface area contributed by atoms with Crippen molar-refractivity contribution in [2.24, 2.45) is 0 Å². The highest BCUT2D eigenvalue weighted by molar-refractivity contribution is 5.75. The number of nitrogens with zero attached hydrogens (tertiary/aromatic N) is 1. The van der Waals surface area contributed by atoms with Crippen LogP contribution in [0.2, 0.25) is 0 Å². The Morgan fingerprint density at radius 1 is 1.53 bits per heavy atom. The van der Waals surface area contributed by atoms with Crippen LogP contribution in [0.4, 0.5) is 0 Å². The van der Waals surface area contributed by atoms with E-state index in [1.807, 2.05) is 32.2 Å². The van der Waals surface area contributed by atoms with Gasteiger partial charge in [-0.25, -0.2) is 0 Å². The number of aromatic nitrogens is 1. The maximum absolute atomic E-state index is 11.4. The van der Waals surface area contributed by atoms with Crippen LogP contribution in [0.25, 0.3) is 0 Å². The van der Waals surface area contributed by atoms with E-state index in [4.69, 9.17) is 4.74 Å². The topological polar surface area (TPSA) is 51.2 Å². The highest BCUT2D eigenvalue weighted by Crippen LogP contribution is 1.96. The van der Waals surface area contributed by atoms with Gasteiger partial charge in [-0.15, -0.1) is 0 Å². The summed E-state index contributed by atoms with van der Waals surface area (Å²) in [5.74, 6) is 0.0366. The van der Waals surface area contributed by atoms with E-state index in [2.05, 4.69) is 10.3 Å². The van der Waals surface area contributed by atoms with Gasteiger partial charge in [0.15, 0.2) is 0 Å². The minimum Gasteiger partial charge on any atom is -0.378 e. The van der Waals surface area contributed by atoms with Gasteiger partial charge in [-0.2, -0.15) is 0 Å². The van der Waals surface area contributed by atoms with Crippen molar-refractivity contribution < 1.29 is 9.53 Å². The minimum atomic E-state index is 0.0366. The number of carbonyl (C=O) groups excluding carboxylic acids is 1. The van der Waals surface area contributed by atoms with E-state index in [0.29, 0.717) is 19.6 Å². The maximum Gasteiger partial charge on any atom is 0.222 e. The average molecular weight is 236 g/mol. The molecule has 4 heteroatoms. The van der Waals surface area contributed by atoms with Crippen LogP contribution < -0.4 is 5.32 Å². The van der Waals surface area contributed by atoms with E-state index in [9.17, 15) is 4.79 Å². The first-order valence-corrected chi connectivity index (χ1v) is 5.95. The summed E-state index contributed by atoms with van der Waals surface area (Å²) in [6.07, 6.45) is 4.97. The highest BCUT2D eigenvalue weighted by atomic mass is 16.5. The number of nitrogens with one attached hydrogen (secondary N) is 1. The van der Waals surface area contributed by atoms with Gasteiger partial charge in [0.25, 0.3) is 0 Å². The van der Waals surface area contributed by atoms with Gasteiger partial charge >= 0.3 is 0 Å². The zero-order valence-electron chi connectivity index (χ0n) is 10.5. The van der Waals surface area contributed by atoms with Gasteiger partial charge in [0, 0.05) is 25.4 Å². The fourth-order valence-electron chi connectivity index (χ4n) is 1.37. The van der Waals surface area contributed by atoms with Crippen LogP contribution in [0, 0.1) is 0 Å². The molecule has 0 saturated heterocycles. The summed E-state index contributed by atoms with van der Waals surface area (Å²) in [7, 11) is 0. The molecule has 0 bridgehead atoms. The number of hydrogen-bond acceptors (Lipinski definition) is 3. The predicted octanol–water partition coefficient (Wildman–Crippen LogP) is 1.56. The molecule has 0 aliphatic carbocycles. The zero-order valence-corrected chi connectivity index (χ0v) is 10.5. The van der Waals surface area contributed by atoms with Crippen molar-refractivity contribution >= 4 is 5.91 Å². The molecule has 0 radical (unpaired) electrons. The lowest BCUT2D eigenvalue weighted by atomic mass is 10.2. The van der Waals surface area contributed by atoms with Crippen LogP contribution in [0.15, 0.2) is 24.5 Å². The average Bonchev–Trinajstić information content (AvgIpc) is 2.30. The molecule has 0 spiro atoms. The quantitative estimate of drug-likeness (QED) is 0.781. The zero-order chi connectivity index (χ0) is 12.5. The second-order valence-corrected chi connectivity index (χ2v) is 4.13. The summed E-state index contributed by atoms with van der Waals surface area (Å²) >= 11 is 0. The lowest BCUT2D eigenvalue weighted by molar-refractivity contribution is -0.122. The van der Waals surface area contributed by atoms with Crippen LogP contribution in [-0.4, -0.2) is 30.1 Å². The molecule has 0 aliphatic heterocycles. The van der Waals surface area contributed by atoms with Crippen molar-refractivity contribution in [1.82, 2.24) is 10.3 Å². The van der Waals surface area contributed by atoms with Gasteiger partial charge in [-0.3, -0.25) is 9.78 Å². The normalized spacial score (nSPS) is 10.5. The van der Waals surface area contributed by atoms with E-state index in [-0.39, 0.29) is 12.0 Å². The molecule has 0 aliphatic rings. The molecule has 0 aromatic carbocycles. The fraction of sp³-hybridized carbons (Fsp3) is 0.538. The van der Waals surface area contributed by atoms with Crippen molar-refractivity contribution in [2.75, 3.05) is 13.2 Å². The summed E-state index contributed by atoms with van der Waals surface area (Å²) in [6, 6.07) is 3.90. The van der Waals surface area contributed by atoms with Crippen LogP contribution >= 0.6 is 0 Å². The molecule has 1 heterocycles. The molecule has 1 rings (SSSR count). The van der Waals surface area contributed by atoms with Crippen molar-refractivity contribution in [1.29, 1.82) is 0 Å². The molecule has 0 unspecified atom stereocenters. The van der Waals surface area contributed by atoms with Crippen molar-refractivity contribution in [2.45, 2.75) is 32.8 Å². The Balaban J connectivity index is 2.08. The van der Waals surface area contributed by atoms with Crippen molar-refractivity contribution in [3.8, 4) is 0 Å². The Morgan fingerprint density at radius 3 is 3.00 bits per heavy atom. The van der Waals surface area contributed by atoms with Gasteiger partial charge in [-0.1, -0.05) is 6.07 Å². The fourth-order valence-corrected chi connectivity index (χ4v) is 1.37. The van der Waals surface area contributed by atoms with Gasteiger partial charge in [0.05, 0.1) is 12.7 Å². The van der Waals surface area contributed by atoms with E-state index < -0.39 is 0 Å². The van der Waals surface area contributed by atoms with E-state index in [1.54, 1.807) is 6.20 Å². The Hall–Kier alpha value is -1.42. The van der Waals surface area contributed by atoms with Gasteiger partial charge in [-0.05, 0) is 31.9 Å². The number of carbonyl (C=O) groups is 1. The van der Waals surface area contributed by atoms with Gasteiger partial charge in [0.1, 0.15) is 0 Å².